The molecule has 2 aliphatic rings. The van der Waals surface area contributed by atoms with Gasteiger partial charge in [0.2, 0.25) is 5.88 Å². The fourth-order valence-electron chi connectivity index (χ4n) is 3.87. The minimum atomic E-state index is -0.408. The summed E-state index contributed by atoms with van der Waals surface area (Å²) in [6.45, 7) is 0. The molecule has 3 aromatic rings. The Kier molecular flexibility index (Phi) is 3.85. The Balaban J connectivity index is 1.35. The molecule has 2 fully saturated rings. The van der Waals surface area contributed by atoms with Crippen LogP contribution in [-0.4, -0.2) is 35.9 Å². The summed E-state index contributed by atoms with van der Waals surface area (Å²) in [6.07, 6.45) is 5.22. The zero-order valence-corrected chi connectivity index (χ0v) is 15.3. The molecule has 2 aliphatic carbocycles. The van der Waals surface area contributed by atoms with Crippen LogP contribution in [0.5, 0.6) is 11.6 Å². The highest BCUT2D eigenvalue weighted by atomic mass is 16.5. The van der Waals surface area contributed by atoms with Crippen molar-refractivity contribution < 1.29 is 9.84 Å². The van der Waals surface area contributed by atoms with Crippen molar-refractivity contribution in [2.75, 3.05) is 0 Å². The van der Waals surface area contributed by atoms with E-state index in [0.717, 1.165) is 24.7 Å². The fourth-order valence-corrected chi connectivity index (χ4v) is 3.87. The lowest BCUT2D eigenvalue weighted by Gasteiger charge is -2.13. The van der Waals surface area contributed by atoms with E-state index in [0.29, 0.717) is 22.7 Å². The summed E-state index contributed by atoms with van der Waals surface area (Å²) >= 11 is 0. The van der Waals surface area contributed by atoms with Crippen molar-refractivity contribution in [2.24, 2.45) is 18.9 Å². The van der Waals surface area contributed by atoms with Crippen LogP contribution in [-0.2, 0) is 7.05 Å². The third-order valence-corrected chi connectivity index (χ3v) is 5.52. The maximum Gasteiger partial charge on any atom is 0.350 e. The van der Waals surface area contributed by atoms with Crippen LogP contribution in [0.25, 0.3) is 22.6 Å². The molecule has 2 saturated carbocycles. The molecule has 1 unspecified atom stereocenters. The van der Waals surface area contributed by atoms with E-state index in [1.807, 2.05) is 0 Å². The van der Waals surface area contributed by atoms with E-state index < -0.39 is 5.69 Å². The highest BCUT2D eigenvalue weighted by Crippen LogP contribution is 2.52. The molecule has 0 bridgehead atoms. The smallest absolute Gasteiger partial charge is 0.350 e. The van der Waals surface area contributed by atoms with Gasteiger partial charge in [0.25, 0.3) is 0 Å². The monoisotopic (exact) mass is 377 g/mol. The first kappa shape index (κ1) is 16.9. The zero-order chi connectivity index (χ0) is 19.3. The predicted molar refractivity (Wildman–Crippen MR) is 101 cm³/mol. The first-order valence-corrected chi connectivity index (χ1v) is 9.30. The molecule has 1 aromatic carbocycles. The second kappa shape index (κ2) is 6.40. The molecule has 0 amide bonds. The van der Waals surface area contributed by atoms with Crippen molar-refractivity contribution in [1.29, 1.82) is 0 Å². The van der Waals surface area contributed by atoms with Gasteiger partial charge in [-0.3, -0.25) is 4.57 Å². The number of phenolic OH excluding ortho intramolecular Hbond substituents is 1. The molecular formula is C20H19N5O3. The average Bonchev–Trinajstić information content (AvgIpc) is 3.31. The normalized spacial score (nSPS) is 22.7. The zero-order valence-electron chi connectivity index (χ0n) is 15.3. The summed E-state index contributed by atoms with van der Waals surface area (Å²) in [4.78, 5) is 19.7. The molecule has 142 valence electrons. The molecule has 28 heavy (non-hydrogen) atoms. The molecule has 5 rings (SSSR count). The van der Waals surface area contributed by atoms with Gasteiger partial charge in [0.1, 0.15) is 18.2 Å². The van der Waals surface area contributed by atoms with Crippen LogP contribution in [0, 0.1) is 11.8 Å². The number of aryl methyl sites for hydroxylation is 1. The highest BCUT2D eigenvalue weighted by molar-refractivity contribution is 5.71. The number of fused-ring (bicyclic) bond motifs is 1. The maximum absolute atomic E-state index is 11.7. The Morgan fingerprint density at radius 1 is 1.11 bits per heavy atom. The maximum atomic E-state index is 11.7. The number of phenols is 1. The number of benzene rings is 1. The van der Waals surface area contributed by atoms with Gasteiger partial charge in [0.15, 0.2) is 5.82 Å². The average molecular weight is 377 g/mol. The van der Waals surface area contributed by atoms with Crippen molar-refractivity contribution in [1.82, 2.24) is 24.7 Å². The van der Waals surface area contributed by atoms with Crippen LogP contribution < -0.4 is 10.4 Å². The van der Waals surface area contributed by atoms with Crippen molar-refractivity contribution >= 4 is 0 Å². The van der Waals surface area contributed by atoms with E-state index in [4.69, 9.17) is 4.74 Å². The Morgan fingerprint density at radius 2 is 1.93 bits per heavy atom. The van der Waals surface area contributed by atoms with E-state index in [1.165, 1.54) is 23.4 Å². The number of aromatic hydroxyl groups is 1. The molecule has 2 heterocycles. The first-order valence-electron chi connectivity index (χ1n) is 9.30. The minimum Gasteiger partial charge on any atom is -0.507 e. The van der Waals surface area contributed by atoms with E-state index in [-0.39, 0.29) is 17.7 Å². The molecular weight excluding hydrogens is 358 g/mol. The topological polar surface area (TPSA) is 103 Å². The second-order valence-electron chi connectivity index (χ2n) is 7.53. The molecule has 0 aliphatic heterocycles. The fraction of sp³-hybridized carbons (Fsp3) is 0.350. The molecule has 0 radical (unpaired) electrons. The molecule has 1 N–H and O–H groups in total. The van der Waals surface area contributed by atoms with E-state index in [2.05, 4.69) is 20.2 Å². The van der Waals surface area contributed by atoms with Gasteiger partial charge in [-0.05, 0) is 49.3 Å². The molecule has 0 spiro atoms. The van der Waals surface area contributed by atoms with Gasteiger partial charge in [0, 0.05) is 24.2 Å². The SMILES string of the molecule is Cn1cnc(-c2ccc(-c3ccc(OC4C[C@@H]5C[C@@H]5C4)nn3)c(O)c2)nc1=O. The number of nitrogens with zero attached hydrogens (tertiary/aromatic N) is 5. The van der Waals surface area contributed by atoms with Crippen LogP contribution in [0.2, 0.25) is 0 Å². The van der Waals surface area contributed by atoms with Crippen LogP contribution in [0.4, 0.5) is 0 Å². The lowest BCUT2D eigenvalue weighted by atomic mass is 10.1. The van der Waals surface area contributed by atoms with Crippen molar-refractivity contribution in [3.8, 4) is 34.3 Å². The Bertz CT molecular complexity index is 1090. The third-order valence-electron chi connectivity index (χ3n) is 5.52. The van der Waals surface area contributed by atoms with Gasteiger partial charge < -0.3 is 9.84 Å². The van der Waals surface area contributed by atoms with Crippen LogP contribution >= 0.6 is 0 Å². The van der Waals surface area contributed by atoms with E-state index in [1.54, 1.807) is 31.3 Å². The first-order chi connectivity index (χ1) is 13.6. The standard InChI is InChI=1S/C20H19N5O3/c1-25-10-21-19(22-20(25)27)11-2-3-15(17(26)9-11)16-4-5-18(24-23-16)28-14-7-12-6-13(12)8-14/h2-5,9-10,12-14,26H,6-8H2,1H3/t12-,13+,14?. The van der Waals surface area contributed by atoms with Crippen molar-refractivity contribution in [3.63, 3.8) is 0 Å². The highest BCUT2D eigenvalue weighted by Gasteiger charge is 2.46. The summed E-state index contributed by atoms with van der Waals surface area (Å²) in [5.41, 5.74) is 1.21. The molecule has 3 atom stereocenters. The van der Waals surface area contributed by atoms with Gasteiger partial charge in [-0.2, -0.15) is 4.98 Å². The lowest BCUT2D eigenvalue weighted by molar-refractivity contribution is 0.184. The van der Waals surface area contributed by atoms with Crippen molar-refractivity contribution in [3.05, 3.63) is 47.1 Å². The second-order valence-corrected chi connectivity index (χ2v) is 7.53. The van der Waals surface area contributed by atoms with Gasteiger partial charge >= 0.3 is 5.69 Å². The summed E-state index contributed by atoms with van der Waals surface area (Å²) in [6, 6.07) is 8.52. The summed E-state index contributed by atoms with van der Waals surface area (Å²) < 4.78 is 7.19. The van der Waals surface area contributed by atoms with Crippen LogP contribution in [0.1, 0.15) is 19.3 Å². The number of ether oxygens (including phenoxy) is 1. The quantitative estimate of drug-likeness (QED) is 0.743. The Labute approximate surface area is 160 Å². The largest absolute Gasteiger partial charge is 0.507 e. The van der Waals surface area contributed by atoms with Gasteiger partial charge in [-0.25, -0.2) is 9.78 Å². The van der Waals surface area contributed by atoms with Crippen molar-refractivity contribution in [2.45, 2.75) is 25.4 Å². The summed E-state index contributed by atoms with van der Waals surface area (Å²) in [5.74, 6) is 2.48. The summed E-state index contributed by atoms with van der Waals surface area (Å²) in [5, 5.41) is 18.8. The number of aromatic nitrogens is 5. The molecule has 8 nitrogen and oxygen atoms in total. The van der Waals surface area contributed by atoms with E-state index in [9.17, 15) is 9.90 Å². The van der Waals surface area contributed by atoms with Crippen LogP contribution in [0.15, 0.2) is 41.5 Å². The lowest BCUT2D eigenvalue weighted by Crippen LogP contribution is -2.20. The Morgan fingerprint density at radius 3 is 2.61 bits per heavy atom. The third kappa shape index (κ3) is 3.11. The number of hydrogen-bond acceptors (Lipinski definition) is 7. The minimum absolute atomic E-state index is 0.0145. The number of rotatable bonds is 4. The molecule has 8 heteroatoms. The summed E-state index contributed by atoms with van der Waals surface area (Å²) in [7, 11) is 1.58. The van der Waals surface area contributed by atoms with Gasteiger partial charge in [-0.15, -0.1) is 10.2 Å². The predicted octanol–water partition coefficient (Wildman–Crippen LogP) is 2.18. The van der Waals surface area contributed by atoms with Gasteiger partial charge in [0.05, 0.1) is 5.69 Å². The van der Waals surface area contributed by atoms with Crippen LogP contribution in [0.3, 0.4) is 0 Å². The molecule has 2 aromatic heterocycles. The van der Waals surface area contributed by atoms with E-state index >= 15 is 0 Å². The number of hydrogen-bond donors (Lipinski definition) is 1. The van der Waals surface area contributed by atoms with Gasteiger partial charge in [-0.1, -0.05) is 6.07 Å². The molecule has 0 saturated heterocycles. The Hall–Kier alpha value is -3.29.